The predicted octanol–water partition coefficient (Wildman–Crippen LogP) is 2.57. The minimum absolute atomic E-state index is 0.0555. The van der Waals surface area contributed by atoms with Gasteiger partial charge in [0.05, 0.1) is 12.0 Å². The Labute approximate surface area is 139 Å². The summed E-state index contributed by atoms with van der Waals surface area (Å²) in [5, 5.41) is 0. The third-order valence-electron chi connectivity index (χ3n) is 4.25. The van der Waals surface area contributed by atoms with Crippen molar-refractivity contribution in [1.82, 2.24) is 9.80 Å². The standard InChI is InChI=1S/C17H21F3N2O2/c1-21(2)16(24)13-6-8-22(9-7-13)15(23)11-12-4-3-5-14(10-12)17(18,19)20/h3-5,10,13H,6-9,11H2,1-2H3. The zero-order valence-corrected chi connectivity index (χ0v) is 13.8. The van der Waals surface area contributed by atoms with Crippen molar-refractivity contribution in [1.29, 1.82) is 0 Å². The van der Waals surface area contributed by atoms with E-state index in [9.17, 15) is 22.8 Å². The van der Waals surface area contributed by atoms with E-state index in [4.69, 9.17) is 0 Å². The number of hydrogen-bond donors (Lipinski definition) is 0. The fraction of sp³-hybridized carbons (Fsp3) is 0.529. The molecule has 1 saturated heterocycles. The number of halogens is 3. The van der Waals surface area contributed by atoms with Gasteiger partial charge in [0.2, 0.25) is 11.8 Å². The quantitative estimate of drug-likeness (QED) is 0.847. The summed E-state index contributed by atoms with van der Waals surface area (Å²) in [6.07, 6.45) is -3.29. The molecule has 1 aliphatic heterocycles. The molecule has 2 amide bonds. The molecule has 0 N–H and O–H groups in total. The van der Waals surface area contributed by atoms with Crippen LogP contribution in [0.5, 0.6) is 0 Å². The van der Waals surface area contributed by atoms with E-state index in [1.165, 1.54) is 12.1 Å². The average molecular weight is 342 g/mol. The van der Waals surface area contributed by atoms with Crippen LogP contribution in [0.3, 0.4) is 0 Å². The summed E-state index contributed by atoms with van der Waals surface area (Å²) in [5.74, 6) is -0.234. The summed E-state index contributed by atoms with van der Waals surface area (Å²) in [5.41, 5.74) is -0.399. The van der Waals surface area contributed by atoms with Crippen LogP contribution < -0.4 is 0 Å². The first kappa shape index (κ1) is 18.3. The van der Waals surface area contributed by atoms with Crippen molar-refractivity contribution < 1.29 is 22.8 Å². The van der Waals surface area contributed by atoms with Gasteiger partial charge in [-0.1, -0.05) is 18.2 Å². The van der Waals surface area contributed by atoms with E-state index >= 15 is 0 Å². The number of hydrogen-bond acceptors (Lipinski definition) is 2. The Morgan fingerprint density at radius 3 is 2.38 bits per heavy atom. The second kappa shape index (κ2) is 7.23. The van der Waals surface area contributed by atoms with Gasteiger partial charge in [-0.05, 0) is 24.5 Å². The maximum absolute atomic E-state index is 12.7. The van der Waals surface area contributed by atoms with Gasteiger partial charge >= 0.3 is 6.18 Å². The Morgan fingerprint density at radius 1 is 1.21 bits per heavy atom. The highest BCUT2D eigenvalue weighted by atomic mass is 19.4. The highest BCUT2D eigenvalue weighted by Gasteiger charge is 2.31. The lowest BCUT2D eigenvalue weighted by Gasteiger charge is -2.32. The molecule has 1 aromatic rings. The Morgan fingerprint density at radius 2 is 1.83 bits per heavy atom. The molecular weight excluding hydrogens is 321 g/mol. The van der Waals surface area contributed by atoms with Gasteiger partial charge in [0, 0.05) is 33.1 Å². The lowest BCUT2D eigenvalue weighted by molar-refractivity contribution is -0.139. The van der Waals surface area contributed by atoms with Crippen molar-refractivity contribution >= 4 is 11.8 Å². The summed E-state index contributed by atoms with van der Waals surface area (Å²) < 4.78 is 38.1. The third kappa shape index (κ3) is 4.49. The van der Waals surface area contributed by atoms with E-state index in [0.717, 1.165) is 12.1 Å². The largest absolute Gasteiger partial charge is 0.416 e. The molecule has 2 rings (SSSR count). The molecule has 0 aromatic heterocycles. The van der Waals surface area contributed by atoms with E-state index in [2.05, 4.69) is 0 Å². The highest BCUT2D eigenvalue weighted by Crippen LogP contribution is 2.29. The summed E-state index contributed by atoms with van der Waals surface area (Å²) in [6, 6.07) is 4.84. The number of likely N-dealkylation sites (tertiary alicyclic amines) is 1. The summed E-state index contributed by atoms with van der Waals surface area (Å²) in [6.45, 7) is 0.921. The predicted molar refractivity (Wildman–Crippen MR) is 83.1 cm³/mol. The van der Waals surface area contributed by atoms with E-state index in [1.54, 1.807) is 23.9 Å². The van der Waals surface area contributed by atoms with E-state index in [-0.39, 0.29) is 24.2 Å². The fourth-order valence-corrected chi connectivity index (χ4v) is 2.89. The first-order chi connectivity index (χ1) is 11.2. The molecular formula is C17H21F3N2O2. The highest BCUT2D eigenvalue weighted by molar-refractivity contribution is 5.81. The molecule has 1 aromatic carbocycles. The van der Waals surface area contributed by atoms with Crippen LogP contribution in [-0.4, -0.2) is 48.8 Å². The van der Waals surface area contributed by atoms with Gasteiger partial charge in [0.15, 0.2) is 0 Å². The van der Waals surface area contributed by atoms with Crippen molar-refractivity contribution in [2.24, 2.45) is 5.92 Å². The van der Waals surface area contributed by atoms with Crippen LogP contribution in [0.4, 0.5) is 13.2 Å². The second-order valence-electron chi connectivity index (χ2n) is 6.26. The van der Waals surface area contributed by atoms with E-state index in [1.807, 2.05) is 0 Å². The molecule has 1 fully saturated rings. The van der Waals surface area contributed by atoms with Gasteiger partial charge in [-0.3, -0.25) is 9.59 Å². The zero-order valence-electron chi connectivity index (χ0n) is 13.8. The first-order valence-corrected chi connectivity index (χ1v) is 7.83. The van der Waals surface area contributed by atoms with Crippen LogP contribution in [0.15, 0.2) is 24.3 Å². The Bertz CT molecular complexity index is 606. The van der Waals surface area contributed by atoms with Gasteiger partial charge in [-0.25, -0.2) is 0 Å². The molecule has 0 radical (unpaired) electrons. The maximum Gasteiger partial charge on any atom is 0.416 e. The molecule has 0 spiro atoms. The minimum Gasteiger partial charge on any atom is -0.349 e. The Balaban J connectivity index is 1.94. The van der Waals surface area contributed by atoms with Crippen LogP contribution in [0, 0.1) is 5.92 Å². The number of rotatable bonds is 3. The van der Waals surface area contributed by atoms with Crippen LogP contribution in [0.25, 0.3) is 0 Å². The van der Waals surface area contributed by atoms with Gasteiger partial charge in [-0.15, -0.1) is 0 Å². The van der Waals surface area contributed by atoms with Gasteiger partial charge in [0.25, 0.3) is 0 Å². The molecule has 4 nitrogen and oxygen atoms in total. The molecule has 132 valence electrons. The van der Waals surface area contributed by atoms with Crippen LogP contribution in [0.2, 0.25) is 0 Å². The fourth-order valence-electron chi connectivity index (χ4n) is 2.89. The molecule has 0 bridgehead atoms. The van der Waals surface area contributed by atoms with E-state index in [0.29, 0.717) is 31.5 Å². The first-order valence-electron chi connectivity index (χ1n) is 7.83. The number of benzene rings is 1. The van der Waals surface area contributed by atoms with Gasteiger partial charge < -0.3 is 9.80 Å². The topological polar surface area (TPSA) is 40.6 Å². The average Bonchev–Trinajstić information content (AvgIpc) is 2.53. The summed E-state index contributed by atoms with van der Waals surface area (Å²) in [4.78, 5) is 27.4. The molecule has 1 aliphatic rings. The Hall–Kier alpha value is -2.05. The number of amides is 2. The smallest absolute Gasteiger partial charge is 0.349 e. The molecule has 24 heavy (non-hydrogen) atoms. The summed E-state index contributed by atoms with van der Waals surface area (Å²) >= 11 is 0. The molecule has 0 atom stereocenters. The molecule has 7 heteroatoms. The monoisotopic (exact) mass is 342 g/mol. The molecule has 1 heterocycles. The Kier molecular flexibility index (Phi) is 5.51. The minimum atomic E-state index is -4.41. The maximum atomic E-state index is 12.7. The number of alkyl halides is 3. The van der Waals surface area contributed by atoms with Crippen LogP contribution in [0.1, 0.15) is 24.0 Å². The van der Waals surface area contributed by atoms with Crippen molar-refractivity contribution in [2.45, 2.75) is 25.4 Å². The number of carbonyl (C=O) groups excluding carboxylic acids is 2. The summed E-state index contributed by atoms with van der Waals surface area (Å²) in [7, 11) is 3.40. The lowest BCUT2D eigenvalue weighted by Crippen LogP contribution is -2.43. The van der Waals surface area contributed by atoms with Crippen molar-refractivity contribution in [3.05, 3.63) is 35.4 Å². The normalized spacial score (nSPS) is 16.1. The number of carbonyl (C=O) groups is 2. The zero-order chi connectivity index (χ0) is 17.9. The lowest BCUT2D eigenvalue weighted by atomic mass is 9.95. The van der Waals surface area contributed by atoms with Gasteiger partial charge in [-0.2, -0.15) is 13.2 Å². The SMILES string of the molecule is CN(C)C(=O)C1CCN(C(=O)Cc2cccc(C(F)(F)F)c2)CC1. The van der Waals surface area contributed by atoms with Crippen LogP contribution >= 0.6 is 0 Å². The van der Waals surface area contributed by atoms with Crippen molar-refractivity contribution in [3.63, 3.8) is 0 Å². The number of nitrogens with zero attached hydrogens (tertiary/aromatic N) is 2. The van der Waals surface area contributed by atoms with Crippen molar-refractivity contribution in [3.8, 4) is 0 Å². The van der Waals surface area contributed by atoms with Crippen LogP contribution in [-0.2, 0) is 22.2 Å². The van der Waals surface area contributed by atoms with Gasteiger partial charge in [0.1, 0.15) is 0 Å². The number of piperidine rings is 1. The van der Waals surface area contributed by atoms with E-state index < -0.39 is 11.7 Å². The molecule has 0 saturated carbocycles. The third-order valence-corrected chi connectivity index (χ3v) is 4.25. The van der Waals surface area contributed by atoms with Crippen molar-refractivity contribution in [2.75, 3.05) is 27.2 Å². The molecule has 0 unspecified atom stereocenters. The molecule has 0 aliphatic carbocycles. The second-order valence-corrected chi connectivity index (χ2v) is 6.26.